The third-order valence-electron chi connectivity index (χ3n) is 6.38. The van der Waals surface area contributed by atoms with Crippen molar-refractivity contribution in [3.8, 4) is 6.07 Å². The van der Waals surface area contributed by atoms with Crippen LogP contribution in [0.25, 0.3) is 0 Å². The number of amidine groups is 1. The number of aromatic nitrogens is 1. The van der Waals surface area contributed by atoms with E-state index in [1.54, 1.807) is 53.8 Å². The van der Waals surface area contributed by atoms with Crippen LogP contribution in [0.3, 0.4) is 0 Å². The van der Waals surface area contributed by atoms with E-state index in [0.29, 0.717) is 40.7 Å². The number of carbonyl (C=O) groups is 2. The molecule has 1 saturated heterocycles. The van der Waals surface area contributed by atoms with Gasteiger partial charge in [0.1, 0.15) is 17.7 Å². The zero-order chi connectivity index (χ0) is 25.3. The van der Waals surface area contributed by atoms with Crippen LogP contribution in [0.1, 0.15) is 34.3 Å². The van der Waals surface area contributed by atoms with Crippen LogP contribution in [-0.4, -0.2) is 50.9 Å². The molecule has 2 unspecified atom stereocenters. The van der Waals surface area contributed by atoms with Crippen molar-refractivity contribution in [3.63, 3.8) is 0 Å². The minimum absolute atomic E-state index is 0.141. The molecule has 1 fully saturated rings. The third-order valence-corrected chi connectivity index (χ3v) is 6.38. The van der Waals surface area contributed by atoms with Crippen LogP contribution >= 0.6 is 0 Å². The molecule has 178 valence electrons. The normalized spacial score (nSPS) is 22.2. The number of fused-ring (bicyclic) bond motifs is 1. The molecule has 10 heteroatoms. The Labute approximate surface area is 207 Å². The molecular formula is C26H23N8O2+. The lowest BCUT2D eigenvalue weighted by Gasteiger charge is -2.27. The van der Waals surface area contributed by atoms with Crippen molar-refractivity contribution in [2.24, 2.45) is 15.8 Å². The number of hydrogen-bond acceptors (Lipinski definition) is 7. The molecule has 2 aromatic rings. The standard InChI is InChI=1S/C26H22N8O2/c1-2-23(35)33-12-3-4-20(33)24-21-16-29-11-13-34(21,28)25(32-24)18-5-7-19(8-6-18)26(36)31-22-14-17(15-27)9-10-30-22/h2,5-11,13-14,16,20H,1,3-4,12,28H2/p+1. The van der Waals surface area contributed by atoms with Gasteiger partial charge in [-0.15, -0.1) is 4.59 Å². The highest BCUT2D eigenvalue weighted by molar-refractivity contribution is 6.05. The van der Waals surface area contributed by atoms with Gasteiger partial charge in [-0.05, 0) is 55.3 Å². The topological polar surface area (TPSA) is 137 Å². The van der Waals surface area contributed by atoms with Gasteiger partial charge in [-0.3, -0.25) is 14.6 Å². The van der Waals surface area contributed by atoms with E-state index < -0.39 is 0 Å². The maximum atomic E-state index is 12.7. The SMILES string of the molecule is C=CC(=O)N1CCCC1C1=C2C=NC=C[N+]2(N)C(c2ccc(C(=O)Nc3cc(C#N)ccn3)cc2)=N1. The molecule has 0 aliphatic carbocycles. The number of aliphatic imine (C=N–C) groups is 2. The van der Waals surface area contributed by atoms with Crippen molar-refractivity contribution < 1.29 is 14.2 Å². The number of hydrogen-bond donors (Lipinski definition) is 2. The number of carbonyl (C=O) groups excluding carboxylic acids is 2. The highest BCUT2D eigenvalue weighted by Crippen LogP contribution is 2.37. The van der Waals surface area contributed by atoms with Crippen LogP contribution in [0.2, 0.25) is 0 Å². The van der Waals surface area contributed by atoms with Gasteiger partial charge < -0.3 is 10.2 Å². The van der Waals surface area contributed by atoms with E-state index in [1.165, 1.54) is 18.3 Å². The molecule has 4 heterocycles. The number of nitriles is 1. The number of allylic oxidation sites excluding steroid dienone is 1. The number of amides is 2. The van der Waals surface area contributed by atoms with Gasteiger partial charge in [-0.1, -0.05) is 6.58 Å². The summed E-state index contributed by atoms with van der Waals surface area (Å²) in [6.45, 7) is 4.25. The van der Waals surface area contributed by atoms with Gasteiger partial charge in [0.2, 0.25) is 11.6 Å². The molecule has 2 atom stereocenters. The summed E-state index contributed by atoms with van der Waals surface area (Å²) in [6.07, 6.45) is 9.46. The Morgan fingerprint density at radius 3 is 2.83 bits per heavy atom. The Morgan fingerprint density at radius 2 is 2.08 bits per heavy atom. The fourth-order valence-corrected chi connectivity index (χ4v) is 4.61. The lowest BCUT2D eigenvalue weighted by atomic mass is 10.1. The van der Waals surface area contributed by atoms with Crippen molar-refractivity contribution in [1.29, 1.82) is 5.26 Å². The van der Waals surface area contributed by atoms with Gasteiger partial charge >= 0.3 is 0 Å². The van der Waals surface area contributed by atoms with Gasteiger partial charge in [0.25, 0.3) is 11.7 Å². The lowest BCUT2D eigenvalue weighted by Crippen LogP contribution is -2.53. The third kappa shape index (κ3) is 3.92. The van der Waals surface area contributed by atoms with Crippen molar-refractivity contribution in [2.45, 2.75) is 18.9 Å². The Morgan fingerprint density at radius 1 is 1.28 bits per heavy atom. The Hall–Kier alpha value is -4.72. The lowest BCUT2D eigenvalue weighted by molar-refractivity contribution is -0.750. The van der Waals surface area contributed by atoms with E-state index in [9.17, 15) is 9.59 Å². The first-order valence-electron chi connectivity index (χ1n) is 11.4. The second kappa shape index (κ2) is 9.14. The Bertz CT molecular complexity index is 1430. The largest absolute Gasteiger partial charge is 0.330 e. The fourth-order valence-electron chi connectivity index (χ4n) is 4.61. The molecule has 0 radical (unpaired) electrons. The molecule has 0 bridgehead atoms. The Balaban J connectivity index is 1.43. The number of quaternary nitrogens is 1. The minimum Gasteiger partial charge on any atom is -0.330 e. The van der Waals surface area contributed by atoms with Gasteiger partial charge in [0.15, 0.2) is 0 Å². The summed E-state index contributed by atoms with van der Waals surface area (Å²) in [7, 11) is 0. The molecule has 3 N–H and O–H groups in total. The van der Waals surface area contributed by atoms with E-state index in [1.807, 2.05) is 6.07 Å². The quantitative estimate of drug-likeness (QED) is 0.386. The number of pyridine rings is 1. The zero-order valence-electron chi connectivity index (χ0n) is 19.3. The smallest absolute Gasteiger partial charge is 0.264 e. The van der Waals surface area contributed by atoms with Crippen molar-refractivity contribution in [1.82, 2.24) is 9.88 Å². The maximum Gasteiger partial charge on any atom is 0.264 e. The second-order valence-electron chi connectivity index (χ2n) is 8.53. The molecule has 1 aromatic carbocycles. The Kier molecular flexibility index (Phi) is 5.85. The number of nitrogens with zero attached hydrogens (tertiary/aromatic N) is 6. The predicted molar refractivity (Wildman–Crippen MR) is 134 cm³/mol. The van der Waals surface area contributed by atoms with Crippen LogP contribution in [0, 0.1) is 11.3 Å². The molecule has 0 spiro atoms. The summed E-state index contributed by atoms with van der Waals surface area (Å²) < 4.78 is -0.179. The van der Waals surface area contributed by atoms with Gasteiger partial charge in [0, 0.05) is 18.3 Å². The number of nitrogens with two attached hydrogens (primary N) is 1. The number of anilines is 1. The molecule has 3 aliphatic heterocycles. The molecule has 3 aliphatic rings. The first kappa shape index (κ1) is 23.0. The molecular weight excluding hydrogens is 456 g/mol. The van der Waals surface area contributed by atoms with Crippen LogP contribution in [-0.2, 0) is 4.79 Å². The average Bonchev–Trinajstić information content (AvgIpc) is 3.50. The van der Waals surface area contributed by atoms with Gasteiger partial charge in [-0.2, -0.15) is 16.1 Å². The molecule has 36 heavy (non-hydrogen) atoms. The maximum absolute atomic E-state index is 12.7. The monoisotopic (exact) mass is 479 g/mol. The molecule has 1 aromatic heterocycles. The zero-order valence-corrected chi connectivity index (χ0v) is 19.3. The van der Waals surface area contributed by atoms with E-state index in [0.717, 1.165) is 18.4 Å². The number of likely N-dealkylation sites (tertiary alicyclic amines) is 1. The van der Waals surface area contributed by atoms with Crippen LogP contribution in [0.4, 0.5) is 5.82 Å². The van der Waals surface area contributed by atoms with Crippen molar-refractivity contribution in [2.75, 3.05) is 11.9 Å². The first-order valence-corrected chi connectivity index (χ1v) is 11.4. The minimum atomic E-state index is -0.358. The highest BCUT2D eigenvalue weighted by Gasteiger charge is 2.47. The van der Waals surface area contributed by atoms with E-state index >= 15 is 0 Å². The number of nitrogens with one attached hydrogen (secondary N) is 1. The second-order valence-corrected chi connectivity index (χ2v) is 8.53. The molecule has 2 amide bonds. The summed E-state index contributed by atoms with van der Waals surface area (Å²) in [4.78, 5) is 40.2. The van der Waals surface area contributed by atoms with E-state index in [2.05, 4.69) is 21.9 Å². The summed E-state index contributed by atoms with van der Waals surface area (Å²) in [5, 5.41) is 11.7. The summed E-state index contributed by atoms with van der Waals surface area (Å²) >= 11 is 0. The van der Waals surface area contributed by atoms with E-state index in [4.69, 9.17) is 16.1 Å². The summed E-state index contributed by atoms with van der Waals surface area (Å²) in [5.41, 5.74) is 2.95. The first-order chi connectivity index (χ1) is 17.4. The summed E-state index contributed by atoms with van der Waals surface area (Å²) in [5.74, 6) is 7.17. The average molecular weight is 480 g/mol. The van der Waals surface area contributed by atoms with Crippen LogP contribution < -0.4 is 11.2 Å². The van der Waals surface area contributed by atoms with E-state index in [-0.39, 0.29) is 22.4 Å². The fraction of sp³-hybridized carbons (Fsp3) is 0.154. The van der Waals surface area contributed by atoms with Crippen molar-refractivity contribution in [3.05, 3.63) is 95.7 Å². The summed E-state index contributed by atoms with van der Waals surface area (Å²) in [6, 6.07) is 11.8. The molecule has 10 nitrogen and oxygen atoms in total. The van der Waals surface area contributed by atoms with Gasteiger partial charge in [0.05, 0.1) is 35.7 Å². The van der Waals surface area contributed by atoms with Gasteiger partial charge in [-0.25, -0.2) is 4.98 Å². The van der Waals surface area contributed by atoms with Crippen LogP contribution in [0.5, 0.6) is 0 Å². The molecule has 5 rings (SSSR count). The molecule has 0 saturated carbocycles. The predicted octanol–water partition coefficient (Wildman–Crippen LogP) is 2.60. The van der Waals surface area contributed by atoms with Crippen LogP contribution in [0.15, 0.2) is 89.0 Å². The number of rotatable bonds is 5. The number of benzene rings is 1. The van der Waals surface area contributed by atoms with Crippen molar-refractivity contribution >= 4 is 29.7 Å². The highest BCUT2D eigenvalue weighted by atomic mass is 16.2.